The van der Waals surface area contributed by atoms with Gasteiger partial charge in [0.1, 0.15) is 11.6 Å². The normalized spacial score (nSPS) is 24.4. The molecule has 3 N–H and O–H groups in total. The molecule has 3 aliphatic heterocycles. The van der Waals surface area contributed by atoms with Gasteiger partial charge in [0.15, 0.2) is 0 Å². The van der Waals surface area contributed by atoms with Crippen LogP contribution in [0.4, 0.5) is 0 Å². The summed E-state index contributed by atoms with van der Waals surface area (Å²) >= 11 is 0. The Kier molecular flexibility index (Phi) is 4.76. The second kappa shape index (κ2) is 7.01. The Hall–Kier alpha value is -2.62. The Balaban J connectivity index is 1.52. The third-order valence-corrected chi connectivity index (χ3v) is 6.24. The van der Waals surface area contributed by atoms with Crippen LogP contribution in [-0.2, 0) is 16.1 Å². The van der Waals surface area contributed by atoms with Gasteiger partial charge in [0, 0.05) is 32.1 Å². The average Bonchev–Trinajstić information content (AvgIpc) is 2.90. The van der Waals surface area contributed by atoms with Crippen LogP contribution in [0, 0.1) is 0 Å². The summed E-state index contributed by atoms with van der Waals surface area (Å²) in [6.07, 6.45) is 0.228. The van der Waals surface area contributed by atoms with E-state index in [1.165, 1.54) is 0 Å². The van der Waals surface area contributed by atoms with Gasteiger partial charge in [-0.05, 0) is 38.1 Å². The molecule has 0 aromatic heterocycles. The standard InChI is InChI=1S/C20H24N4O5/c1-11(20(29)9-21-10-20)23(2)8-12-3-4-13-14(7-12)19(28)24(18(13)27)15-5-6-16(25)22-17(15)26/h3-4,7,11,15,21,29H,5-6,8-10H2,1-2H3,(H,22,25,26). The zero-order valence-corrected chi connectivity index (χ0v) is 16.4. The lowest BCUT2D eigenvalue weighted by molar-refractivity contribution is -0.136. The molecule has 4 rings (SSSR count). The van der Waals surface area contributed by atoms with Crippen molar-refractivity contribution < 1.29 is 24.3 Å². The number of likely N-dealkylation sites (N-methyl/N-ethyl adjacent to an activating group) is 1. The molecule has 3 heterocycles. The van der Waals surface area contributed by atoms with Crippen LogP contribution in [0.3, 0.4) is 0 Å². The van der Waals surface area contributed by atoms with E-state index in [0.29, 0.717) is 19.6 Å². The maximum Gasteiger partial charge on any atom is 0.262 e. The van der Waals surface area contributed by atoms with E-state index in [0.717, 1.165) is 10.5 Å². The molecule has 1 aromatic rings. The van der Waals surface area contributed by atoms with Crippen LogP contribution in [0.25, 0.3) is 0 Å². The summed E-state index contributed by atoms with van der Waals surface area (Å²) in [5.41, 5.74) is 0.586. The molecular formula is C20H24N4O5. The predicted octanol–water partition coefficient (Wildman–Crippen LogP) is -0.758. The molecule has 0 spiro atoms. The molecular weight excluding hydrogens is 376 g/mol. The smallest absolute Gasteiger partial charge is 0.262 e. The van der Waals surface area contributed by atoms with Crippen LogP contribution < -0.4 is 10.6 Å². The summed E-state index contributed by atoms with van der Waals surface area (Å²) in [4.78, 5) is 52.1. The third-order valence-electron chi connectivity index (χ3n) is 6.24. The molecule has 4 amide bonds. The van der Waals surface area contributed by atoms with Crippen LogP contribution >= 0.6 is 0 Å². The SMILES string of the molecule is CC(N(C)Cc1ccc2c(c1)C(=O)N(C1CCC(=O)NC1=O)C2=O)C1(O)CNC1. The Morgan fingerprint density at radius 1 is 1.21 bits per heavy atom. The molecule has 9 heteroatoms. The van der Waals surface area contributed by atoms with Gasteiger partial charge < -0.3 is 10.4 Å². The lowest BCUT2D eigenvalue weighted by Crippen LogP contribution is -2.68. The van der Waals surface area contributed by atoms with Gasteiger partial charge in [-0.25, -0.2) is 0 Å². The Bertz CT molecular complexity index is 910. The zero-order valence-electron chi connectivity index (χ0n) is 16.4. The zero-order chi connectivity index (χ0) is 20.9. The maximum absolute atomic E-state index is 12.9. The number of fused-ring (bicyclic) bond motifs is 1. The molecule has 29 heavy (non-hydrogen) atoms. The molecule has 0 saturated carbocycles. The number of carbonyl (C=O) groups is 4. The minimum absolute atomic E-state index is 0.0886. The van der Waals surface area contributed by atoms with Crippen molar-refractivity contribution in [1.29, 1.82) is 0 Å². The number of nitrogens with zero attached hydrogens (tertiary/aromatic N) is 2. The highest BCUT2D eigenvalue weighted by Crippen LogP contribution is 2.29. The van der Waals surface area contributed by atoms with Crippen molar-refractivity contribution in [2.75, 3.05) is 20.1 Å². The summed E-state index contributed by atoms with van der Waals surface area (Å²) in [6, 6.07) is 4.01. The Morgan fingerprint density at radius 2 is 1.90 bits per heavy atom. The van der Waals surface area contributed by atoms with Crippen molar-refractivity contribution >= 4 is 23.6 Å². The number of aliphatic hydroxyl groups is 1. The van der Waals surface area contributed by atoms with E-state index in [1.54, 1.807) is 18.2 Å². The highest BCUT2D eigenvalue weighted by molar-refractivity contribution is 6.23. The highest BCUT2D eigenvalue weighted by Gasteiger charge is 2.45. The topological polar surface area (TPSA) is 119 Å². The van der Waals surface area contributed by atoms with Crippen LogP contribution in [0.5, 0.6) is 0 Å². The van der Waals surface area contributed by atoms with Gasteiger partial charge in [0.05, 0.1) is 11.1 Å². The summed E-state index contributed by atoms with van der Waals surface area (Å²) in [5, 5.41) is 15.8. The maximum atomic E-state index is 12.9. The van der Waals surface area contributed by atoms with Gasteiger partial charge >= 0.3 is 0 Å². The second-order valence-corrected chi connectivity index (χ2v) is 8.13. The third kappa shape index (κ3) is 3.25. The molecule has 2 saturated heterocycles. The summed E-state index contributed by atoms with van der Waals surface area (Å²) < 4.78 is 0. The van der Waals surface area contributed by atoms with E-state index in [2.05, 4.69) is 10.6 Å². The van der Waals surface area contributed by atoms with Gasteiger partial charge in [0.2, 0.25) is 11.8 Å². The summed E-state index contributed by atoms with van der Waals surface area (Å²) in [5.74, 6) is -2.04. The monoisotopic (exact) mass is 400 g/mol. The van der Waals surface area contributed by atoms with Gasteiger partial charge in [-0.15, -0.1) is 0 Å². The molecule has 2 atom stereocenters. The van der Waals surface area contributed by atoms with Gasteiger partial charge in [-0.2, -0.15) is 0 Å². The lowest BCUT2D eigenvalue weighted by atomic mass is 9.88. The average molecular weight is 400 g/mol. The fourth-order valence-electron chi connectivity index (χ4n) is 4.13. The first-order chi connectivity index (χ1) is 13.7. The Labute approximate surface area is 168 Å². The number of carbonyl (C=O) groups excluding carboxylic acids is 4. The van der Waals surface area contributed by atoms with E-state index in [1.807, 2.05) is 18.9 Å². The van der Waals surface area contributed by atoms with E-state index in [-0.39, 0.29) is 30.0 Å². The highest BCUT2D eigenvalue weighted by atomic mass is 16.3. The number of hydrogen-bond donors (Lipinski definition) is 3. The molecule has 0 bridgehead atoms. The number of piperidine rings is 1. The number of benzene rings is 1. The largest absolute Gasteiger partial charge is 0.386 e. The van der Waals surface area contributed by atoms with Crippen molar-refractivity contribution in [3.05, 3.63) is 34.9 Å². The quantitative estimate of drug-likeness (QED) is 0.556. The first-order valence-electron chi connectivity index (χ1n) is 9.69. The fraction of sp³-hybridized carbons (Fsp3) is 0.500. The first kappa shape index (κ1) is 19.7. The fourth-order valence-corrected chi connectivity index (χ4v) is 4.13. The van der Waals surface area contributed by atoms with Crippen molar-refractivity contribution in [1.82, 2.24) is 20.4 Å². The van der Waals surface area contributed by atoms with Crippen LogP contribution in [-0.4, -0.2) is 76.4 Å². The summed E-state index contributed by atoms with van der Waals surface area (Å²) in [7, 11) is 1.90. The second-order valence-electron chi connectivity index (χ2n) is 8.13. The molecule has 3 aliphatic rings. The number of imide groups is 2. The first-order valence-corrected chi connectivity index (χ1v) is 9.69. The Morgan fingerprint density at radius 3 is 2.52 bits per heavy atom. The molecule has 0 radical (unpaired) electrons. The van der Waals surface area contributed by atoms with E-state index < -0.39 is 35.3 Å². The lowest BCUT2D eigenvalue weighted by Gasteiger charge is -2.46. The molecule has 1 aromatic carbocycles. The van der Waals surface area contributed by atoms with Crippen molar-refractivity contribution in [3.63, 3.8) is 0 Å². The van der Waals surface area contributed by atoms with Crippen molar-refractivity contribution in [3.8, 4) is 0 Å². The molecule has 2 fully saturated rings. The van der Waals surface area contributed by atoms with Crippen molar-refractivity contribution in [2.24, 2.45) is 0 Å². The van der Waals surface area contributed by atoms with Crippen LogP contribution in [0.15, 0.2) is 18.2 Å². The molecule has 9 nitrogen and oxygen atoms in total. The minimum atomic E-state index is -0.966. The number of nitrogens with one attached hydrogen (secondary N) is 2. The van der Waals surface area contributed by atoms with Crippen molar-refractivity contribution in [2.45, 2.75) is 44.0 Å². The minimum Gasteiger partial charge on any atom is -0.386 e. The number of hydrogen-bond acceptors (Lipinski definition) is 7. The van der Waals surface area contributed by atoms with Crippen LogP contribution in [0.1, 0.15) is 46.0 Å². The van der Waals surface area contributed by atoms with E-state index in [9.17, 15) is 24.3 Å². The molecule has 2 unspecified atom stereocenters. The number of rotatable bonds is 5. The van der Waals surface area contributed by atoms with Gasteiger partial charge in [-0.1, -0.05) is 6.07 Å². The number of amides is 4. The van der Waals surface area contributed by atoms with Gasteiger partial charge in [0.25, 0.3) is 11.8 Å². The summed E-state index contributed by atoms with van der Waals surface area (Å²) in [6.45, 7) is 3.53. The van der Waals surface area contributed by atoms with Crippen LogP contribution in [0.2, 0.25) is 0 Å². The molecule has 0 aliphatic carbocycles. The van der Waals surface area contributed by atoms with E-state index in [4.69, 9.17) is 0 Å². The predicted molar refractivity (Wildman–Crippen MR) is 102 cm³/mol. The molecule has 154 valence electrons. The number of β-amino-alcohol motifs (C(OH)–C–C–N with tert-alkyl or cyclic N) is 1. The van der Waals surface area contributed by atoms with E-state index >= 15 is 0 Å². The van der Waals surface area contributed by atoms with Gasteiger partial charge in [-0.3, -0.25) is 34.3 Å².